The normalized spacial score (nSPS) is 12.7. The van der Waals surface area contributed by atoms with Crippen molar-refractivity contribution in [2.45, 2.75) is 24.8 Å². The zero-order valence-electron chi connectivity index (χ0n) is 14.9. The second-order valence-corrected chi connectivity index (χ2v) is 7.08. The number of nitrogens with one attached hydrogen (secondary N) is 1. The Balaban J connectivity index is 2.10. The molecule has 0 aliphatic rings. The number of anilines is 1. The van der Waals surface area contributed by atoms with Crippen LogP contribution >= 0.6 is 0 Å². The van der Waals surface area contributed by atoms with Crippen LogP contribution in [0.1, 0.15) is 24.2 Å². The van der Waals surface area contributed by atoms with Gasteiger partial charge in [0, 0.05) is 5.75 Å². The molecule has 0 spiro atoms. The van der Waals surface area contributed by atoms with E-state index in [9.17, 15) is 13.8 Å². The Hall–Kier alpha value is -2.67. The highest BCUT2D eigenvalue weighted by Crippen LogP contribution is 2.23. The van der Waals surface area contributed by atoms with E-state index >= 15 is 0 Å². The zero-order valence-corrected chi connectivity index (χ0v) is 15.7. The second kappa shape index (κ2) is 9.15. The molecule has 0 aliphatic heterocycles. The van der Waals surface area contributed by atoms with Gasteiger partial charge >= 0.3 is 5.97 Å². The summed E-state index contributed by atoms with van der Waals surface area (Å²) in [7, 11) is 0.197. The summed E-state index contributed by atoms with van der Waals surface area (Å²) in [5, 5.41) is 2.67. The molecule has 138 valence electrons. The molecule has 6 nitrogen and oxygen atoms in total. The maximum absolute atomic E-state index is 12.4. The van der Waals surface area contributed by atoms with Crippen LogP contribution in [-0.2, 0) is 20.3 Å². The van der Waals surface area contributed by atoms with Crippen LogP contribution < -0.4 is 10.1 Å². The van der Waals surface area contributed by atoms with Crippen LogP contribution in [0.2, 0.25) is 0 Å². The third kappa shape index (κ3) is 4.70. The lowest BCUT2D eigenvalue weighted by Crippen LogP contribution is -2.30. The summed E-state index contributed by atoms with van der Waals surface area (Å²) in [6.45, 7) is 3.24. The molecule has 26 heavy (non-hydrogen) atoms. The molecule has 1 amide bonds. The molecule has 0 radical (unpaired) electrons. The quantitative estimate of drug-likeness (QED) is 0.753. The SMILES string of the molecule is CC[S@@](=O)c1ccccc1C(=O)O[C@@H](C)C(=O)Nc1ccccc1OC. The Morgan fingerprint density at radius 1 is 1.12 bits per heavy atom. The van der Waals surface area contributed by atoms with Crippen molar-refractivity contribution in [1.82, 2.24) is 0 Å². The van der Waals surface area contributed by atoms with Gasteiger partial charge in [0.25, 0.3) is 5.91 Å². The van der Waals surface area contributed by atoms with E-state index in [2.05, 4.69) is 5.32 Å². The summed E-state index contributed by atoms with van der Waals surface area (Å²) in [5.41, 5.74) is 0.681. The van der Waals surface area contributed by atoms with E-state index in [1.807, 2.05) is 0 Å². The van der Waals surface area contributed by atoms with Crippen LogP contribution in [0.15, 0.2) is 53.4 Å². The fourth-order valence-electron chi connectivity index (χ4n) is 2.25. The third-order valence-corrected chi connectivity index (χ3v) is 5.00. The Bertz CT molecular complexity index is 821. The Kier molecular flexibility index (Phi) is 6.91. The predicted molar refractivity (Wildman–Crippen MR) is 99.9 cm³/mol. The molecule has 2 rings (SSSR count). The van der Waals surface area contributed by atoms with Gasteiger partial charge in [0.05, 0.1) is 34.1 Å². The van der Waals surface area contributed by atoms with Crippen LogP contribution in [-0.4, -0.2) is 35.1 Å². The smallest absolute Gasteiger partial charge is 0.340 e. The molecule has 0 unspecified atom stereocenters. The topological polar surface area (TPSA) is 81.7 Å². The molecule has 2 aromatic carbocycles. The fourth-order valence-corrected chi connectivity index (χ4v) is 3.19. The van der Waals surface area contributed by atoms with Gasteiger partial charge in [0.15, 0.2) is 6.10 Å². The van der Waals surface area contributed by atoms with Crippen LogP contribution in [0.25, 0.3) is 0 Å². The summed E-state index contributed by atoms with van der Waals surface area (Å²) in [6.07, 6.45) is -1.03. The largest absolute Gasteiger partial charge is 0.495 e. The highest BCUT2D eigenvalue weighted by molar-refractivity contribution is 7.85. The van der Waals surface area contributed by atoms with Crippen molar-refractivity contribution in [2.24, 2.45) is 0 Å². The lowest BCUT2D eigenvalue weighted by Gasteiger charge is -2.16. The van der Waals surface area contributed by atoms with Gasteiger partial charge in [0.1, 0.15) is 5.75 Å². The number of amides is 1. The van der Waals surface area contributed by atoms with Gasteiger partial charge in [-0.05, 0) is 31.2 Å². The average molecular weight is 375 g/mol. The van der Waals surface area contributed by atoms with Gasteiger partial charge in [0.2, 0.25) is 0 Å². The molecule has 0 saturated carbocycles. The predicted octanol–water partition coefficient (Wildman–Crippen LogP) is 3.01. The molecule has 1 N–H and O–H groups in total. The molecule has 0 heterocycles. The minimum atomic E-state index is -1.30. The first-order valence-corrected chi connectivity index (χ1v) is 9.42. The minimum absolute atomic E-state index is 0.199. The van der Waals surface area contributed by atoms with Gasteiger partial charge in [-0.1, -0.05) is 31.2 Å². The van der Waals surface area contributed by atoms with E-state index in [1.165, 1.54) is 20.1 Å². The molecule has 7 heteroatoms. The molecular formula is C19H21NO5S. The Labute approximate surface area is 155 Å². The Morgan fingerprint density at radius 2 is 1.77 bits per heavy atom. The number of para-hydroxylation sites is 2. The second-order valence-electron chi connectivity index (χ2n) is 5.37. The molecular weight excluding hydrogens is 354 g/mol. The first-order chi connectivity index (χ1) is 12.5. The fraction of sp³-hybridized carbons (Fsp3) is 0.263. The molecule has 0 aliphatic carbocycles. The summed E-state index contributed by atoms with van der Waals surface area (Å²) in [5.74, 6) is -0.293. The number of esters is 1. The van der Waals surface area contributed by atoms with E-state index < -0.39 is 28.8 Å². The standard InChI is InChI=1S/C19H21NO5S/c1-4-26(23)17-12-8-5-9-14(17)19(22)25-13(2)18(21)20-15-10-6-7-11-16(15)24-3/h5-13H,4H2,1-3H3,(H,20,21)/t13-,26+/m0/s1. The van der Waals surface area contributed by atoms with E-state index in [4.69, 9.17) is 9.47 Å². The van der Waals surface area contributed by atoms with Gasteiger partial charge < -0.3 is 14.8 Å². The molecule has 0 aromatic heterocycles. The van der Waals surface area contributed by atoms with Crippen molar-refractivity contribution in [3.8, 4) is 5.75 Å². The number of carbonyl (C=O) groups is 2. The average Bonchev–Trinajstić information content (AvgIpc) is 2.67. The van der Waals surface area contributed by atoms with Gasteiger partial charge in [-0.25, -0.2) is 4.79 Å². The highest BCUT2D eigenvalue weighted by Gasteiger charge is 2.22. The van der Waals surface area contributed by atoms with Gasteiger partial charge in [-0.2, -0.15) is 0 Å². The Morgan fingerprint density at radius 3 is 2.46 bits per heavy atom. The number of rotatable bonds is 7. The number of carbonyl (C=O) groups excluding carboxylic acids is 2. The van der Waals surface area contributed by atoms with E-state index in [1.54, 1.807) is 49.4 Å². The monoisotopic (exact) mass is 375 g/mol. The summed E-state index contributed by atoms with van der Waals surface area (Å²) >= 11 is 0. The molecule has 0 bridgehead atoms. The van der Waals surface area contributed by atoms with E-state index in [0.29, 0.717) is 22.1 Å². The number of hydrogen-bond donors (Lipinski definition) is 1. The van der Waals surface area contributed by atoms with Crippen molar-refractivity contribution in [3.05, 3.63) is 54.1 Å². The van der Waals surface area contributed by atoms with Crippen molar-refractivity contribution in [2.75, 3.05) is 18.2 Å². The van der Waals surface area contributed by atoms with E-state index in [0.717, 1.165) is 0 Å². The lowest BCUT2D eigenvalue weighted by molar-refractivity contribution is -0.123. The zero-order chi connectivity index (χ0) is 19.1. The number of benzene rings is 2. The maximum atomic E-state index is 12.4. The van der Waals surface area contributed by atoms with E-state index in [-0.39, 0.29) is 5.56 Å². The summed E-state index contributed by atoms with van der Waals surface area (Å²) < 4.78 is 22.5. The first-order valence-electron chi connectivity index (χ1n) is 8.10. The van der Waals surface area contributed by atoms with Crippen molar-refractivity contribution < 1.29 is 23.3 Å². The molecule has 0 saturated heterocycles. The summed E-state index contributed by atoms with van der Waals surface area (Å²) in [6, 6.07) is 13.5. The van der Waals surface area contributed by atoms with Gasteiger partial charge in [-0.15, -0.1) is 0 Å². The van der Waals surface area contributed by atoms with Crippen molar-refractivity contribution >= 4 is 28.4 Å². The lowest BCUT2D eigenvalue weighted by atomic mass is 10.2. The molecule has 0 fully saturated rings. The van der Waals surface area contributed by atoms with Crippen LogP contribution in [0.4, 0.5) is 5.69 Å². The van der Waals surface area contributed by atoms with Gasteiger partial charge in [-0.3, -0.25) is 9.00 Å². The van der Waals surface area contributed by atoms with Crippen LogP contribution in [0, 0.1) is 0 Å². The highest BCUT2D eigenvalue weighted by atomic mass is 32.2. The summed E-state index contributed by atoms with van der Waals surface area (Å²) in [4.78, 5) is 25.1. The molecule has 2 aromatic rings. The third-order valence-electron chi connectivity index (χ3n) is 3.63. The first kappa shape index (κ1) is 19.7. The number of methoxy groups -OCH3 is 1. The van der Waals surface area contributed by atoms with Crippen LogP contribution in [0.5, 0.6) is 5.75 Å². The number of hydrogen-bond acceptors (Lipinski definition) is 5. The van der Waals surface area contributed by atoms with Crippen LogP contribution in [0.3, 0.4) is 0 Å². The minimum Gasteiger partial charge on any atom is -0.495 e. The number of ether oxygens (including phenoxy) is 2. The molecule has 2 atom stereocenters. The maximum Gasteiger partial charge on any atom is 0.340 e. The van der Waals surface area contributed by atoms with Crippen molar-refractivity contribution in [1.29, 1.82) is 0 Å². The van der Waals surface area contributed by atoms with Crippen molar-refractivity contribution in [3.63, 3.8) is 0 Å².